The minimum atomic E-state index is -0.392. The van der Waals surface area contributed by atoms with Crippen LogP contribution < -0.4 is 10.6 Å². The average molecular weight is 538 g/mol. The lowest BCUT2D eigenvalue weighted by atomic mass is 10.1. The number of ether oxygens (including phenoxy) is 1. The maximum Gasteiger partial charge on any atom is 0.269 e. The van der Waals surface area contributed by atoms with E-state index in [1.165, 1.54) is 23.3 Å². The van der Waals surface area contributed by atoms with Gasteiger partial charge in [0.05, 0.1) is 24.1 Å². The molecule has 0 radical (unpaired) electrons. The van der Waals surface area contributed by atoms with Crippen LogP contribution in [0.15, 0.2) is 53.5 Å². The van der Waals surface area contributed by atoms with Crippen molar-refractivity contribution in [3.8, 4) is 0 Å². The SMILES string of the molecule is CCc1ccc(C(C)NC(=NCc2ccc([N+](=O)[O-])cc2)NCC2CCOC2)cc1.I. The molecule has 1 fully saturated rings. The largest absolute Gasteiger partial charge is 0.381 e. The first-order valence-electron chi connectivity index (χ1n) is 10.5. The number of guanidine groups is 1. The maximum absolute atomic E-state index is 10.8. The number of nitro groups is 1. The van der Waals surface area contributed by atoms with Crippen LogP contribution in [-0.4, -0.2) is 30.6 Å². The number of hydrogen-bond donors (Lipinski definition) is 2. The average Bonchev–Trinajstić information content (AvgIpc) is 3.29. The van der Waals surface area contributed by atoms with E-state index in [0.29, 0.717) is 12.5 Å². The molecule has 2 N–H and O–H groups in total. The van der Waals surface area contributed by atoms with Gasteiger partial charge in [0, 0.05) is 31.2 Å². The molecule has 1 aliphatic rings. The fourth-order valence-corrected chi connectivity index (χ4v) is 3.36. The van der Waals surface area contributed by atoms with Gasteiger partial charge in [-0.3, -0.25) is 10.1 Å². The molecular weight excluding hydrogens is 507 g/mol. The Morgan fingerprint density at radius 1 is 1.19 bits per heavy atom. The van der Waals surface area contributed by atoms with Gasteiger partial charge in [-0.15, -0.1) is 24.0 Å². The van der Waals surface area contributed by atoms with E-state index in [1.807, 2.05) is 0 Å². The first-order valence-corrected chi connectivity index (χ1v) is 10.5. The van der Waals surface area contributed by atoms with E-state index >= 15 is 0 Å². The lowest BCUT2D eigenvalue weighted by Crippen LogP contribution is -2.41. The molecule has 2 aromatic rings. The van der Waals surface area contributed by atoms with Crippen LogP contribution in [0.2, 0.25) is 0 Å². The number of nitrogens with one attached hydrogen (secondary N) is 2. The number of halogens is 1. The van der Waals surface area contributed by atoms with Crippen LogP contribution in [0.25, 0.3) is 0 Å². The molecule has 3 rings (SSSR count). The molecule has 168 valence electrons. The van der Waals surface area contributed by atoms with Crippen molar-refractivity contribution in [3.63, 3.8) is 0 Å². The molecule has 0 bridgehead atoms. The van der Waals surface area contributed by atoms with Crippen molar-refractivity contribution < 1.29 is 9.66 Å². The van der Waals surface area contributed by atoms with E-state index in [9.17, 15) is 10.1 Å². The van der Waals surface area contributed by atoms with Crippen LogP contribution in [0.4, 0.5) is 5.69 Å². The van der Waals surface area contributed by atoms with Crippen molar-refractivity contribution in [2.75, 3.05) is 19.8 Å². The summed E-state index contributed by atoms with van der Waals surface area (Å²) in [5, 5.41) is 17.8. The summed E-state index contributed by atoms with van der Waals surface area (Å²) in [6.45, 7) is 7.09. The number of benzene rings is 2. The molecule has 0 spiro atoms. The summed E-state index contributed by atoms with van der Waals surface area (Å²) in [5.41, 5.74) is 3.52. The van der Waals surface area contributed by atoms with Crippen molar-refractivity contribution >= 4 is 35.6 Å². The zero-order chi connectivity index (χ0) is 21.3. The van der Waals surface area contributed by atoms with Crippen LogP contribution in [0.3, 0.4) is 0 Å². The van der Waals surface area contributed by atoms with Gasteiger partial charge in [-0.2, -0.15) is 0 Å². The van der Waals surface area contributed by atoms with Crippen molar-refractivity contribution in [1.82, 2.24) is 10.6 Å². The number of non-ortho nitro benzene ring substituents is 1. The molecule has 7 nitrogen and oxygen atoms in total. The van der Waals surface area contributed by atoms with Gasteiger partial charge in [0.15, 0.2) is 5.96 Å². The quantitative estimate of drug-likeness (QED) is 0.169. The second kappa shape index (κ2) is 12.6. The minimum absolute atomic E-state index is 0. The van der Waals surface area contributed by atoms with Crippen LogP contribution in [0, 0.1) is 16.0 Å². The van der Waals surface area contributed by atoms with E-state index in [0.717, 1.165) is 44.1 Å². The first kappa shape index (κ1) is 25.1. The van der Waals surface area contributed by atoms with E-state index in [-0.39, 0.29) is 35.7 Å². The maximum atomic E-state index is 10.8. The smallest absolute Gasteiger partial charge is 0.269 e. The summed E-state index contributed by atoms with van der Waals surface area (Å²) in [4.78, 5) is 15.2. The third-order valence-electron chi connectivity index (χ3n) is 5.39. The Kier molecular flexibility index (Phi) is 10.2. The van der Waals surface area contributed by atoms with Crippen molar-refractivity contribution in [2.45, 2.75) is 39.3 Å². The molecule has 8 heteroatoms. The molecule has 2 unspecified atom stereocenters. The van der Waals surface area contributed by atoms with Crippen molar-refractivity contribution in [3.05, 3.63) is 75.3 Å². The molecule has 31 heavy (non-hydrogen) atoms. The van der Waals surface area contributed by atoms with Crippen LogP contribution in [0.1, 0.15) is 43.0 Å². The lowest BCUT2D eigenvalue weighted by molar-refractivity contribution is -0.384. The summed E-state index contributed by atoms with van der Waals surface area (Å²) >= 11 is 0. The van der Waals surface area contributed by atoms with Crippen molar-refractivity contribution in [1.29, 1.82) is 0 Å². The van der Waals surface area contributed by atoms with Gasteiger partial charge in [-0.1, -0.05) is 43.3 Å². The molecular formula is C23H31IN4O3. The molecule has 2 aromatic carbocycles. The van der Waals surface area contributed by atoms with Gasteiger partial charge in [0.25, 0.3) is 5.69 Å². The van der Waals surface area contributed by atoms with Gasteiger partial charge in [0.2, 0.25) is 0 Å². The molecule has 1 aliphatic heterocycles. The molecule has 0 aliphatic carbocycles. The Labute approximate surface area is 200 Å². The summed E-state index contributed by atoms with van der Waals surface area (Å²) in [5.74, 6) is 1.21. The monoisotopic (exact) mass is 538 g/mol. The van der Waals surface area contributed by atoms with E-state index in [1.54, 1.807) is 12.1 Å². The second-order valence-electron chi connectivity index (χ2n) is 7.66. The summed E-state index contributed by atoms with van der Waals surface area (Å²) in [7, 11) is 0. The minimum Gasteiger partial charge on any atom is -0.381 e. The van der Waals surface area contributed by atoms with Gasteiger partial charge in [0.1, 0.15) is 0 Å². The number of nitro benzene ring substituents is 1. The summed E-state index contributed by atoms with van der Waals surface area (Å²) in [6, 6.07) is 15.2. The van der Waals surface area contributed by atoms with Crippen LogP contribution in [-0.2, 0) is 17.7 Å². The standard InChI is InChI=1S/C23H30N4O3.HI/c1-3-18-4-8-21(9-5-18)17(2)26-23(25-15-20-12-13-30-16-20)24-14-19-6-10-22(11-7-19)27(28)29;/h4-11,17,20H,3,12-16H2,1-2H3,(H2,24,25,26);1H. The Hall–Kier alpha value is -2.20. The number of aliphatic imine (C=N–C) groups is 1. The molecule has 0 saturated carbocycles. The molecule has 1 heterocycles. The third-order valence-corrected chi connectivity index (χ3v) is 5.39. The summed E-state index contributed by atoms with van der Waals surface area (Å²) in [6.07, 6.45) is 2.08. The normalized spacial score (nSPS) is 17.0. The van der Waals surface area contributed by atoms with E-state index < -0.39 is 4.92 Å². The Balaban J connectivity index is 0.00000341. The first-order chi connectivity index (χ1) is 14.5. The number of nitrogens with zero attached hydrogens (tertiary/aromatic N) is 2. The lowest BCUT2D eigenvalue weighted by Gasteiger charge is -2.20. The zero-order valence-corrected chi connectivity index (χ0v) is 20.4. The fourth-order valence-electron chi connectivity index (χ4n) is 3.36. The third kappa shape index (κ3) is 7.77. The fraction of sp³-hybridized carbons (Fsp3) is 0.435. The van der Waals surface area contributed by atoms with E-state index in [2.05, 4.69) is 48.7 Å². The van der Waals surface area contributed by atoms with Crippen molar-refractivity contribution in [2.24, 2.45) is 10.9 Å². The van der Waals surface area contributed by atoms with Gasteiger partial charge in [-0.05, 0) is 36.5 Å². The van der Waals surface area contributed by atoms with Gasteiger partial charge < -0.3 is 15.4 Å². The molecule has 0 aromatic heterocycles. The van der Waals surface area contributed by atoms with Gasteiger partial charge in [-0.25, -0.2) is 4.99 Å². The topological polar surface area (TPSA) is 88.8 Å². The Morgan fingerprint density at radius 3 is 2.45 bits per heavy atom. The predicted molar refractivity (Wildman–Crippen MR) is 134 cm³/mol. The number of aryl methyl sites for hydroxylation is 1. The molecule has 1 saturated heterocycles. The number of hydrogen-bond acceptors (Lipinski definition) is 4. The van der Waals surface area contributed by atoms with Gasteiger partial charge >= 0.3 is 0 Å². The van der Waals surface area contributed by atoms with E-state index in [4.69, 9.17) is 9.73 Å². The highest BCUT2D eigenvalue weighted by molar-refractivity contribution is 14.0. The highest BCUT2D eigenvalue weighted by Crippen LogP contribution is 2.15. The van der Waals surface area contributed by atoms with Crippen LogP contribution >= 0.6 is 24.0 Å². The predicted octanol–water partition coefficient (Wildman–Crippen LogP) is 4.61. The number of rotatable bonds is 8. The highest BCUT2D eigenvalue weighted by atomic mass is 127. The highest BCUT2D eigenvalue weighted by Gasteiger charge is 2.16. The Bertz CT molecular complexity index is 850. The Morgan fingerprint density at radius 2 is 1.87 bits per heavy atom. The molecule has 2 atom stereocenters. The zero-order valence-electron chi connectivity index (χ0n) is 18.0. The van der Waals surface area contributed by atoms with Crippen LogP contribution in [0.5, 0.6) is 0 Å². The summed E-state index contributed by atoms with van der Waals surface area (Å²) < 4.78 is 5.47. The molecule has 0 amide bonds. The second-order valence-corrected chi connectivity index (χ2v) is 7.66.